The Balaban J connectivity index is 1.67. The molecule has 13 atom stereocenters. The lowest BCUT2D eigenvalue weighted by Crippen LogP contribution is -2.81. The van der Waals surface area contributed by atoms with Gasteiger partial charge in [0.25, 0.3) is 0 Å². The predicted molar refractivity (Wildman–Crippen MR) is 114 cm³/mol. The Bertz CT molecular complexity index is 798. The van der Waals surface area contributed by atoms with E-state index >= 15 is 0 Å². The molecular weight excluding hydrogens is 414 g/mol. The third-order valence-electron chi connectivity index (χ3n) is 11.2. The summed E-state index contributed by atoms with van der Waals surface area (Å²) < 4.78 is 17.7. The number of aliphatic hydroxyl groups excluding tert-OH is 2. The van der Waals surface area contributed by atoms with Crippen molar-refractivity contribution in [3.05, 3.63) is 0 Å². The molecule has 1 heterocycles. The van der Waals surface area contributed by atoms with Crippen molar-refractivity contribution in [3.63, 3.8) is 0 Å². The van der Waals surface area contributed by atoms with Crippen molar-refractivity contribution in [1.82, 2.24) is 4.90 Å². The Morgan fingerprint density at radius 3 is 2.47 bits per heavy atom. The van der Waals surface area contributed by atoms with Gasteiger partial charge in [0.05, 0.1) is 37.1 Å². The van der Waals surface area contributed by atoms with Crippen molar-refractivity contribution in [2.75, 3.05) is 41.0 Å². The highest BCUT2D eigenvalue weighted by atomic mass is 16.5. The van der Waals surface area contributed by atoms with Gasteiger partial charge in [-0.05, 0) is 31.7 Å². The lowest BCUT2D eigenvalue weighted by molar-refractivity contribution is -0.317. The van der Waals surface area contributed by atoms with Crippen LogP contribution in [0.3, 0.4) is 0 Å². The van der Waals surface area contributed by atoms with Gasteiger partial charge in [-0.3, -0.25) is 4.90 Å². The van der Waals surface area contributed by atoms with Crippen molar-refractivity contribution in [2.24, 2.45) is 34.5 Å². The number of methoxy groups -OCH3 is 3. The molecule has 8 nitrogen and oxygen atoms in total. The van der Waals surface area contributed by atoms with Crippen molar-refractivity contribution < 1.29 is 34.6 Å². The molecule has 6 rings (SSSR count). The van der Waals surface area contributed by atoms with E-state index in [1.807, 2.05) is 0 Å². The van der Waals surface area contributed by atoms with Crippen LogP contribution in [0.1, 0.15) is 32.6 Å². The number of nitrogens with zero attached hydrogens (tertiary/aromatic N) is 1. The van der Waals surface area contributed by atoms with E-state index in [9.17, 15) is 20.4 Å². The first-order valence-corrected chi connectivity index (χ1v) is 12.3. The van der Waals surface area contributed by atoms with Crippen LogP contribution in [0.25, 0.3) is 0 Å². The molecule has 4 N–H and O–H groups in total. The van der Waals surface area contributed by atoms with E-state index in [0.717, 1.165) is 13.0 Å². The summed E-state index contributed by atoms with van der Waals surface area (Å²) in [6.07, 6.45) is -0.0296. The molecule has 0 aromatic rings. The van der Waals surface area contributed by atoms with Crippen LogP contribution in [-0.4, -0.2) is 108 Å². The van der Waals surface area contributed by atoms with Crippen LogP contribution < -0.4 is 0 Å². The minimum absolute atomic E-state index is 0.102. The standard InChI is InChI=1S/C24H39NO7/c1-5-25-10-21(11-30-2)7-6-15(26)23-13-8-12-14(31-3)9-22(28,16(13)17(12)27)24(29,20(23)25)19(32-4)18(21)23/h12-20,26-29H,5-11H2,1-4H3/t12-,13?,14?,15?,16?,17?,18?,19?,20+,21-,22-,23+,24-/m0/s1. The molecule has 6 fully saturated rings. The summed E-state index contributed by atoms with van der Waals surface area (Å²) in [7, 11) is 4.95. The summed E-state index contributed by atoms with van der Waals surface area (Å²) >= 11 is 0. The maximum Gasteiger partial charge on any atom is 0.136 e. The Kier molecular flexibility index (Phi) is 4.62. The molecule has 7 unspecified atom stereocenters. The zero-order valence-electron chi connectivity index (χ0n) is 19.6. The number of rotatable bonds is 5. The van der Waals surface area contributed by atoms with E-state index in [0.29, 0.717) is 26.0 Å². The Labute approximate surface area is 189 Å². The maximum atomic E-state index is 12.8. The first kappa shape index (κ1) is 22.2. The monoisotopic (exact) mass is 453 g/mol. The first-order valence-electron chi connectivity index (χ1n) is 12.3. The summed E-state index contributed by atoms with van der Waals surface area (Å²) in [6.45, 7) is 4.05. The summed E-state index contributed by atoms with van der Waals surface area (Å²) in [5.74, 6) is -0.889. The van der Waals surface area contributed by atoms with Crippen LogP contribution in [-0.2, 0) is 14.2 Å². The van der Waals surface area contributed by atoms with Gasteiger partial charge in [0.1, 0.15) is 11.2 Å². The molecular formula is C24H39NO7. The second kappa shape index (κ2) is 6.66. The van der Waals surface area contributed by atoms with Gasteiger partial charge in [-0.1, -0.05) is 6.92 Å². The van der Waals surface area contributed by atoms with Gasteiger partial charge < -0.3 is 34.6 Å². The highest BCUT2D eigenvalue weighted by molar-refractivity contribution is 5.41. The van der Waals surface area contributed by atoms with E-state index in [2.05, 4.69) is 11.8 Å². The molecule has 5 aliphatic carbocycles. The summed E-state index contributed by atoms with van der Waals surface area (Å²) in [4.78, 5) is 2.28. The summed E-state index contributed by atoms with van der Waals surface area (Å²) in [5.41, 5.74) is -4.15. The number of piperidine rings is 1. The molecule has 0 amide bonds. The number of likely N-dealkylation sites (N-methyl/N-ethyl adjacent to an activating group) is 1. The van der Waals surface area contributed by atoms with Gasteiger partial charge in [-0.15, -0.1) is 0 Å². The van der Waals surface area contributed by atoms with Crippen molar-refractivity contribution in [2.45, 2.75) is 74.3 Å². The normalized spacial score (nSPS) is 62.4. The van der Waals surface area contributed by atoms with E-state index in [-0.39, 0.29) is 35.7 Å². The molecule has 32 heavy (non-hydrogen) atoms. The van der Waals surface area contributed by atoms with E-state index < -0.39 is 46.9 Å². The molecule has 7 bridgehead atoms. The van der Waals surface area contributed by atoms with Gasteiger partial charge in [-0.2, -0.15) is 0 Å². The predicted octanol–water partition coefficient (Wildman–Crippen LogP) is -0.383. The maximum absolute atomic E-state index is 12.8. The third kappa shape index (κ3) is 1.99. The van der Waals surface area contributed by atoms with Gasteiger partial charge >= 0.3 is 0 Å². The van der Waals surface area contributed by atoms with E-state index in [4.69, 9.17) is 14.2 Å². The minimum atomic E-state index is -1.63. The van der Waals surface area contributed by atoms with E-state index in [1.54, 1.807) is 21.3 Å². The third-order valence-corrected chi connectivity index (χ3v) is 11.2. The van der Waals surface area contributed by atoms with Crippen LogP contribution in [0.15, 0.2) is 0 Å². The average Bonchev–Trinajstić information content (AvgIpc) is 3.14. The minimum Gasteiger partial charge on any atom is -0.392 e. The SMILES string of the molecule is CCN1C[C@]2(COC)CCC(O)[C@]34C5C[C@H]6C(OC)C[C@](O)(C5C6O)[C@](O)(C(OC)C23)[C@H]14. The molecule has 0 aromatic carbocycles. The number of hydrogen-bond acceptors (Lipinski definition) is 8. The highest BCUT2D eigenvalue weighted by Gasteiger charge is 2.91. The molecule has 0 radical (unpaired) electrons. The van der Waals surface area contributed by atoms with Crippen molar-refractivity contribution in [1.29, 1.82) is 0 Å². The van der Waals surface area contributed by atoms with Crippen molar-refractivity contribution >= 4 is 0 Å². The molecule has 1 saturated heterocycles. The fraction of sp³-hybridized carbons (Fsp3) is 1.00. The number of ether oxygens (including phenoxy) is 3. The zero-order valence-corrected chi connectivity index (χ0v) is 19.6. The van der Waals surface area contributed by atoms with Gasteiger partial charge in [-0.25, -0.2) is 0 Å². The quantitative estimate of drug-likeness (QED) is 0.446. The molecule has 1 aliphatic heterocycles. The zero-order chi connectivity index (χ0) is 22.8. The second-order valence-corrected chi connectivity index (χ2v) is 11.7. The summed E-state index contributed by atoms with van der Waals surface area (Å²) in [6, 6.07) is -0.442. The van der Waals surface area contributed by atoms with Gasteiger partial charge in [0, 0.05) is 62.9 Å². The first-order chi connectivity index (χ1) is 15.2. The Morgan fingerprint density at radius 1 is 1.09 bits per heavy atom. The summed E-state index contributed by atoms with van der Waals surface area (Å²) in [5, 5.41) is 48.5. The van der Waals surface area contributed by atoms with Crippen molar-refractivity contribution in [3.8, 4) is 0 Å². The largest absolute Gasteiger partial charge is 0.392 e. The highest BCUT2D eigenvalue weighted by Crippen LogP contribution is 2.80. The number of fused-ring (bicyclic) bond motifs is 2. The van der Waals surface area contributed by atoms with Gasteiger partial charge in [0.15, 0.2) is 0 Å². The van der Waals surface area contributed by atoms with E-state index in [1.165, 1.54) is 0 Å². The fourth-order valence-corrected chi connectivity index (χ4v) is 10.7. The van der Waals surface area contributed by atoms with Crippen LogP contribution >= 0.6 is 0 Å². The van der Waals surface area contributed by atoms with Crippen LogP contribution in [0.5, 0.6) is 0 Å². The van der Waals surface area contributed by atoms with Crippen LogP contribution in [0.4, 0.5) is 0 Å². The van der Waals surface area contributed by atoms with Gasteiger partial charge in [0.2, 0.25) is 0 Å². The Morgan fingerprint density at radius 2 is 1.84 bits per heavy atom. The molecule has 0 aromatic heterocycles. The molecule has 182 valence electrons. The smallest absolute Gasteiger partial charge is 0.136 e. The lowest BCUT2D eigenvalue weighted by atomic mass is 9.42. The second-order valence-electron chi connectivity index (χ2n) is 11.7. The molecule has 8 heteroatoms. The number of hydrogen-bond donors (Lipinski definition) is 4. The number of aliphatic hydroxyl groups is 4. The Hall–Kier alpha value is -0.320. The average molecular weight is 454 g/mol. The fourth-order valence-electron chi connectivity index (χ4n) is 10.7. The molecule has 6 aliphatic rings. The molecule has 5 saturated carbocycles. The van der Waals surface area contributed by atoms with Crippen LogP contribution in [0.2, 0.25) is 0 Å². The molecule has 1 spiro atoms. The topological polar surface area (TPSA) is 112 Å². The lowest BCUT2D eigenvalue weighted by Gasteiger charge is -2.69. The number of likely N-dealkylation sites (tertiary alicyclic amines) is 1. The van der Waals surface area contributed by atoms with Crippen LogP contribution in [0, 0.1) is 34.5 Å².